The molecule has 4 aromatic carbocycles. The summed E-state index contributed by atoms with van der Waals surface area (Å²) < 4.78 is 55.3. The lowest BCUT2D eigenvalue weighted by Gasteiger charge is -2.05. The normalized spacial score (nSPS) is 10.7. The van der Waals surface area contributed by atoms with E-state index in [4.69, 9.17) is 0 Å². The Morgan fingerprint density at radius 1 is 0.586 bits per heavy atom. The molecule has 0 aliphatic heterocycles. The highest BCUT2D eigenvalue weighted by Crippen LogP contribution is 2.25. The second-order valence-corrected chi connectivity index (χ2v) is 6.76. The van der Waals surface area contributed by atoms with Crippen LogP contribution in [0.3, 0.4) is 0 Å². The van der Waals surface area contributed by atoms with Gasteiger partial charge in [0.25, 0.3) is 0 Å². The van der Waals surface area contributed by atoms with E-state index in [0.717, 1.165) is 17.7 Å². The second kappa shape index (κ2) is 7.44. The molecule has 4 aromatic rings. The van der Waals surface area contributed by atoms with Crippen molar-refractivity contribution >= 4 is 10.8 Å². The van der Waals surface area contributed by atoms with Crippen molar-refractivity contribution in [2.45, 2.75) is 6.92 Å². The molecule has 4 rings (SSSR count). The first-order valence-corrected chi connectivity index (χ1v) is 8.87. The molecule has 0 heterocycles. The largest absolute Gasteiger partial charge is 0.206 e. The average molecular weight is 390 g/mol. The van der Waals surface area contributed by atoms with Gasteiger partial charge in [-0.1, -0.05) is 36.1 Å². The number of benzene rings is 4. The summed E-state index contributed by atoms with van der Waals surface area (Å²) in [4.78, 5) is 0. The highest BCUT2D eigenvalue weighted by atomic mass is 19.2. The minimum atomic E-state index is -0.937. The molecule has 0 amide bonds. The first kappa shape index (κ1) is 18.8. The van der Waals surface area contributed by atoms with Crippen molar-refractivity contribution in [3.63, 3.8) is 0 Å². The molecule has 0 nitrogen and oxygen atoms in total. The highest BCUT2D eigenvalue weighted by molar-refractivity contribution is 5.84. The zero-order valence-corrected chi connectivity index (χ0v) is 15.4. The van der Waals surface area contributed by atoms with Crippen molar-refractivity contribution in [3.8, 4) is 23.0 Å². The van der Waals surface area contributed by atoms with Gasteiger partial charge >= 0.3 is 0 Å². The first-order valence-electron chi connectivity index (χ1n) is 8.87. The minimum Gasteiger partial charge on any atom is -0.206 e. The second-order valence-electron chi connectivity index (χ2n) is 6.76. The quantitative estimate of drug-likeness (QED) is 0.248. The van der Waals surface area contributed by atoms with Crippen molar-refractivity contribution in [1.82, 2.24) is 0 Å². The smallest absolute Gasteiger partial charge is 0.159 e. The summed E-state index contributed by atoms with van der Waals surface area (Å²) in [5.41, 5.74) is 2.22. The van der Waals surface area contributed by atoms with Crippen LogP contribution in [0, 0.1) is 42.0 Å². The van der Waals surface area contributed by atoms with Crippen molar-refractivity contribution < 1.29 is 17.6 Å². The average Bonchev–Trinajstić information content (AvgIpc) is 2.68. The van der Waals surface area contributed by atoms with E-state index in [0.29, 0.717) is 27.5 Å². The van der Waals surface area contributed by atoms with Crippen LogP contribution in [0.4, 0.5) is 17.6 Å². The van der Waals surface area contributed by atoms with Crippen LogP contribution in [-0.4, -0.2) is 0 Å². The molecule has 0 aliphatic carbocycles. The van der Waals surface area contributed by atoms with Gasteiger partial charge in [-0.15, -0.1) is 0 Å². The predicted octanol–water partition coefficient (Wildman–Crippen LogP) is 6.77. The lowest BCUT2D eigenvalue weighted by atomic mass is 10.0. The number of aryl methyl sites for hydroxylation is 1. The minimum absolute atomic E-state index is 0.159. The standard InChI is InChI=1S/C25H14F4/c1-15-2-9-21(23(27)10-15)19-8-7-17(22(26)13-19)5-3-16-4-6-18-12-24(28)25(29)14-20(18)11-16/h2,4,6-14H,1H3. The molecule has 4 heteroatoms. The highest BCUT2D eigenvalue weighted by Gasteiger charge is 2.08. The van der Waals surface area contributed by atoms with E-state index < -0.39 is 23.3 Å². The van der Waals surface area contributed by atoms with Gasteiger partial charge in [-0.05, 0) is 71.3 Å². The van der Waals surface area contributed by atoms with Gasteiger partial charge in [-0.2, -0.15) is 0 Å². The van der Waals surface area contributed by atoms with E-state index in [-0.39, 0.29) is 5.56 Å². The van der Waals surface area contributed by atoms with E-state index in [9.17, 15) is 17.6 Å². The van der Waals surface area contributed by atoms with Crippen LogP contribution in [0.25, 0.3) is 21.9 Å². The summed E-state index contributed by atoms with van der Waals surface area (Å²) in [5.74, 6) is 2.73. The predicted molar refractivity (Wildman–Crippen MR) is 106 cm³/mol. The molecule has 29 heavy (non-hydrogen) atoms. The Morgan fingerprint density at radius 2 is 1.34 bits per heavy atom. The Kier molecular flexibility index (Phi) is 4.82. The summed E-state index contributed by atoms with van der Waals surface area (Å²) >= 11 is 0. The molecule has 0 saturated carbocycles. The molecule has 0 unspecified atom stereocenters. The van der Waals surface area contributed by atoms with Crippen molar-refractivity contribution in [3.05, 3.63) is 107 Å². The fourth-order valence-corrected chi connectivity index (χ4v) is 3.10. The van der Waals surface area contributed by atoms with E-state index in [1.165, 1.54) is 18.2 Å². The van der Waals surface area contributed by atoms with Gasteiger partial charge < -0.3 is 0 Å². The monoisotopic (exact) mass is 390 g/mol. The lowest BCUT2D eigenvalue weighted by Crippen LogP contribution is -1.90. The van der Waals surface area contributed by atoms with Gasteiger partial charge in [0, 0.05) is 11.1 Å². The zero-order valence-electron chi connectivity index (χ0n) is 15.4. The summed E-state index contributed by atoms with van der Waals surface area (Å²) in [5, 5.41) is 1.05. The molecule has 0 fully saturated rings. The van der Waals surface area contributed by atoms with Crippen molar-refractivity contribution in [1.29, 1.82) is 0 Å². The Bertz CT molecular complexity index is 1310. The van der Waals surface area contributed by atoms with Gasteiger partial charge in [0.1, 0.15) is 11.6 Å². The molecule has 142 valence electrons. The summed E-state index contributed by atoms with van der Waals surface area (Å²) in [7, 11) is 0. The number of hydrogen-bond acceptors (Lipinski definition) is 0. The number of rotatable bonds is 1. The van der Waals surface area contributed by atoms with E-state index in [2.05, 4.69) is 11.8 Å². The van der Waals surface area contributed by atoms with Gasteiger partial charge in [-0.25, -0.2) is 17.6 Å². The van der Waals surface area contributed by atoms with Crippen molar-refractivity contribution in [2.24, 2.45) is 0 Å². The number of hydrogen-bond donors (Lipinski definition) is 0. The van der Waals surface area contributed by atoms with Gasteiger partial charge in [-0.3, -0.25) is 0 Å². The molecule has 0 aromatic heterocycles. The SMILES string of the molecule is Cc1ccc(-c2ccc(C#Cc3ccc4cc(F)c(F)cc4c3)c(F)c2)c(F)c1. The third-order valence-electron chi connectivity index (χ3n) is 4.63. The molecular weight excluding hydrogens is 376 g/mol. The Balaban J connectivity index is 1.66. The lowest BCUT2D eigenvalue weighted by molar-refractivity contribution is 0.511. The summed E-state index contributed by atoms with van der Waals surface area (Å²) in [6.07, 6.45) is 0. The number of halogens is 4. The molecule has 0 bridgehead atoms. The molecule has 0 N–H and O–H groups in total. The summed E-state index contributed by atoms with van der Waals surface area (Å²) in [6.45, 7) is 1.78. The van der Waals surface area contributed by atoms with Crippen LogP contribution in [-0.2, 0) is 0 Å². The maximum atomic E-state index is 14.5. The molecule has 0 aliphatic rings. The maximum Gasteiger partial charge on any atom is 0.159 e. The molecule has 0 atom stereocenters. The van der Waals surface area contributed by atoms with Crippen molar-refractivity contribution in [2.75, 3.05) is 0 Å². The van der Waals surface area contributed by atoms with Crippen LogP contribution in [0.2, 0.25) is 0 Å². The Morgan fingerprint density at radius 3 is 2.07 bits per heavy atom. The van der Waals surface area contributed by atoms with Crippen LogP contribution in [0.1, 0.15) is 16.7 Å². The molecule has 0 saturated heterocycles. The molecule has 0 spiro atoms. The third-order valence-corrected chi connectivity index (χ3v) is 4.63. The maximum absolute atomic E-state index is 14.5. The summed E-state index contributed by atoms with van der Waals surface area (Å²) in [6, 6.07) is 16.2. The Hall–Kier alpha value is -3.58. The van der Waals surface area contributed by atoms with E-state index >= 15 is 0 Å². The van der Waals surface area contributed by atoms with Crippen LogP contribution in [0.5, 0.6) is 0 Å². The van der Waals surface area contributed by atoms with E-state index in [1.54, 1.807) is 43.3 Å². The van der Waals surface area contributed by atoms with Gasteiger partial charge in [0.15, 0.2) is 11.6 Å². The fraction of sp³-hybridized carbons (Fsp3) is 0.0400. The van der Waals surface area contributed by atoms with Crippen LogP contribution in [0.15, 0.2) is 66.7 Å². The van der Waals surface area contributed by atoms with Crippen LogP contribution >= 0.6 is 0 Å². The van der Waals surface area contributed by atoms with Crippen LogP contribution < -0.4 is 0 Å². The third kappa shape index (κ3) is 3.86. The number of fused-ring (bicyclic) bond motifs is 1. The zero-order chi connectivity index (χ0) is 20.5. The van der Waals surface area contributed by atoms with Gasteiger partial charge in [0.05, 0.1) is 5.56 Å². The topological polar surface area (TPSA) is 0 Å². The van der Waals surface area contributed by atoms with E-state index in [1.807, 2.05) is 0 Å². The Labute approximate surface area is 165 Å². The fourth-order valence-electron chi connectivity index (χ4n) is 3.10. The molecule has 0 radical (unpaired) electrons. The van der Waals surface area contributed by atoms with Gasteiger partial charge in [0.2, 0.25) is 0 Å². The first-order chi connectivity index (χ1) is 13.9. The molecular formula is C25H14F4.